The number of nitrogens with one attached hydrogen (secondary N) is 2. The number of benzene rings is 2. The maximum atomic E-state index is 12.7. The fraction of sp³-hybridized carbons (Fsp3) is 0.316. The highest BCUT2D eigenvalue weighted by Crippen LogP contribution is 2.19. The van der Waals surface area contributed by atoms with E-state index in [-0.39, 0.29) is 10.8 Å². The van der Waals surface area contributed by atoms with Crippen LogP contribution in [-0.2, 0) is 14.8 Å². The first-order chi connectivity index (χ1) is 12.1. The Hall–Kier alpha value is -1.89. The van der Waals surface area contributed by atoms with Gasteiger partial charge in [0.25, 0.3) is 0 Å². The predicted octanol–water partition coefficient (Wildman–Crippen LogP) is 3.90. The average molecular weight is 395 g/mol. The fourth-order valence-corrected chi connectivity index (χ4v) is 3.89. The van der Waals surface area contributed by atoms with Crippen molar-refractivity contribution in [2.45, 2.75) is 38.6 Å². The molecule has 2 N–H and O–H groups in total. The van der Waals surface area contributed by atoms with Crippen molar-refractivity contribution in [2.75, 3.05) is 5.32 Å². The van der Waals surface area contributed by atoms with E-state index in [1.54, 1.807) is 13.8 Å². The molecule has 140 valence electrons. The molecule has 0 aromatic heterocycles. The standard InChI is InChI=1S/C19H23ClN2O3S/c1-12(2)18(19(23)21-17-11-13(3)5-6-14(17)4)22-26(24,25)16-9-7-15(20)8-10-16/h5-12,18,22H,1-4H3,(H,21,23). The molecule has 1 amide bonds. The van der Waals surface area contributed by atoms with Gasteiger partial charge in [0.05, 0.1) is 4.90 Å². The van der Waals surface area contributed by atoms with Crippen LogP contribution in [0, 0.1) is 19.8 Å². The van der Waals surface area contributed by atoms with Crippen molar-refractivity contribution in [1.82, 2.24) is 4.72 Å². The Labute approximate surface area is 159 Å². The minimum atomic E-state index is -3.85. The van der Waals surface area contributed by atoms with Crippen LogP contribution in [-0.4, -0.2) is 20.4 Å². The van der Waals surface area contributed by atoms with Crippen molar-refractivity contribution in [3.8, 4) is 0 Å². The Balaban J connectivity index is 2.24. The van der Waals surface area contributed by atoms with Gasteiger partial charge in [-0.05, 0) is 61.2 Å². The smallest absolute Gasteiger partial charge is 0.242 e. The number of carbonyl (C=O) groups excluding carboxylic acids is 1. The first kappa shape index (κ1) is 20.4. The van der Waals surface area contributed by atoms with Crippen molar-refractivity contribution in [2.24, 2.45) is 5.92 Å². The van der Waals surface area contributed by atoms with Crippen molar-refractivity contribution >= 4 is 33.2 Å². The van der Waals surface area contributed by atoms with Crippen LogP contribution >= 0.6 is 11.6 Å². The van der Waals surface area contributed by atoms with E-state index in [2.05, 4.69) is 10.0 Å². The Kier molecular flexibility index (Phi) is 6.44. The molecule has 0 heterocycles. The number of sulfonamides is 1. The van der Waals surface area contributed by atoms with Crippen LogP contribution in [0.25, 0.3) is 0 Å². The van der Waals surface area contributed by atoms with Gasteiger partial charge in [-0.2, -0.15) is 4.72 Å². The molecule has 0 fully saturated rings. The lowest BCUT2D eigenvalue weighted by molar-refractivity contribution is -0.118. The molecule has 0 saturated carbocycles. The first-order valence-corrected chi connectivity index (χ1v) is 10.1. The molecule has 1 atom stereocenters. The molecule has 0 aliphatic rings. The summed E-state index contributed by atoms with van der Waals surface area (Å²) >= 11 is 5.81. The van der Waals surface area contributed by atoms with E-state index < -0.39 is 22.0 Å². The molecule has 2 aromatic rings. The molecule has 2 rings (SSSR count). The molecule has 0 saturated heterocycles. The number of amides is 1. The van der Waals surface area contributed by atoms with E-state index in [4.69, 9.17) is 11.6 Å². The van der Waals surface area contributed by atoms with Crippen molar-refractivity contribution in [3.05, 3.63) is 58.6 Å². The van der Waals surface area contributed by atoms with Gasteiger partial charge in [-0.1, -0.05) is 37.6 Å². The van der Waals surface area contributed by atoms with Gasteiger partial charge in [0.15, 0.2) is 0 Å². The Morgan fingerprint density at radius 2 is 1.65 bits per heavy atom. The summed E-state index contributed by atoms with van der Waals surface area (Å²) in [5.41, 5.74) is 2.59. The summed E-state index contributed by atoms with van der Waals surface area (Å²) in [4.78, 5) is 12.8. The maximum Gasteiger partial charge on any atom is 0.242 e. The van der Waals surface area contributed by atoms with Crippen LogP contribution in [0.3, 0.4) is 0 Å². The van der Waals surface area contributed by atoms with E-state index in [0.717, 1.165) is 11.1 Å². The molecule has 5 nitrogen and oxygen atoms in total. The van der Waals surface area contributed by atoms with Gasteiger partial charge >= 0.3 is 0 Å². The van der Waals surface area contributed by atoms with Crippen LogP contribution in [0.1, 0.15) is 25.0 Å². The number of halogens is 1. The van der Waals surface area contributed by atoms with Gasteiger partial charge < -0.3 is 5.32 Å². The molecule has 26 heavy (non-hydrogen) atoms. The number of hydrogen-bond acceptors (Lipinski definition) is 3. The zero-order valence-electron chi connectivity index (χ0n) is 15.2. The largest absolute Gasteiger partial charge is 0.324 e. The lowest BCUT2D eigenvalue weighted by atomic mass is 10.0. The minimum absolute atomic E-state index is 0.0621. The van der Waals surface area contributed by atoms with Crippen LogP contribution in [0.15, 0.2) is 47.4 Å². The first-order valence-electron chi connectivity index (χ1n) is 8.26. The van der Waals surface area contributed by atoms with Crippen molar-refractivity contribution in [3.63, 3.8) is 0 Å². The highest BCUT2D eigenvalue weighted by Gasteiger charge is 2.28. The highest BCUT2D eigenvalue weighted by atomic mass is 35.5. The molecule has 0 aliphatic carbocycles. The predicted molar refractivity (Wildman–Crippen MR) is 105 cm³/mol. The molecule has 0 radical (unpaired) electrons. The van der Waals surface area contributed by atoms with E-state index in [9.17, 15) is 13.2 Å². The Morgan fingerprint density at radius 1 is 1.04 bits per heavy atom. The molecule has 7 heteroatoms. The monoisotopic (exact) mass is 394 g/mol. The van der Waals surface area contributed by atoms with Crippen LogP contribution < -0.4 is 10.0 Å². The zero-order valence-corrected chi connectivity index (χ0v) is 16.8. The topological polar surface area (TPSA) is 75.3 Å². The van der Waals surface area contributed by atoms with Gasteiger partial charge in [-0.15, -0.1) is 0 Å². The quantitative estimate of drug-likeness (QED) is 0.780. The summed E-state index contributed by atoms with van der Waals surface area (Å²) in [7, 11) is -3.85. The van der Waals surface area contributed by atoms with Crippen LogP contribution in [0.2, 0.25) is 5.02 Å². The van der Waals surface area contributed by atoms with Gasteiger partial charge in [-0.3, -0.25) is 4.79 Å². The molecular formula is C19H23ClN2O3S. The second-order valence-corrected chi connectivity index (χ2v) is 8.75. The number of rotatable bonds is 6. The van der Waals surface area contributed by atoms with E-state index in [1.165, 1.54) is 24.3 Å². The molecule has 0 bridgehead atoms. The molecular weight excluding hydrogens is 372 g/mol. The van der Waals surface area contributed by atoms with Gasteiger partial charge in [0.2, 0.25) is 15.9 Å². The lowest BCUT2D eigenvalue weighted by Crippen LogP contribution is -2.47. The van der Waals surface area contributed by atoms with Crippen LogP contribution in [0.5, 0.6) is 0 Å². The average Bonchev–Trinajstić information content (AvgIpc) is 2.56. The van der Waals surface area contributed by atoms with Gasteiger partial charge in [0.1, 0.15) is 6.04 Å². The Morgan fingerprint density at radius 3 is 2.23 bits per heavy atom. The fourth-order valence-electron chi connectivity index (χ4n) is 2.42. The second kappa shape index (κ2) is 8.20. The third kappa shape index (κ3) is 5.06. The third-order valence-corrected chi connectivity index (χ3v) is 5.72. The number of anilines is 1. The lowest BCUT2D eigenvalue weighted by Gasteiger charge is -2.22. The second-order valence-electron chi connectivity index (χ2n) is 6.60. The maximum absolute atomic E-state index is 12.7. The SMILES string of the molecule is Cc1ccc(C)c(NC(=O)C(NS(=O)(=O)c2ccc(Cl)cc2)C(C)C)c1. The Bertz CT molecular complexity index is 894. The summed E-state index contributed by atoms with van der Waals surface area (Å²) in [6, 6.07) is 10.6. The van der Waals surface area contributed by atoms with E-state index in [0.29, 0.717) is 10.7 Å². The summed E-state index contributed by atoms with van der Waals surface area (Å²) in [6.45, 7) is 7.39. The van der Waals surface area contributed by atoms with Crippen molar-refractivity contribution < 1.29 is 13.2 Å². The summed E-state index contributed by atoms with van der Waals surface area (Å²) in [5.74, 6) is -0.631. The number of aryl methyl sites for hydroxylation is 2. The molecule has 1 unspecified atom stereocenters. The third-order valence-electron chi connectivity index (χ3n) is 4.01. The molecule has 2 aromatic carbocycles. The summed E-state index contributed by atoms with van der Waals surface area (Å²) in [6.07, 6.45) is 0. The molecule has 0 aliphatic heterocycles. The van der Waals surface area contributed by atoms with Crippen LogP contribution in [0.4, 0.5) is 5.69 Å². The molecule has 0 spiro atoms. The number of carbonyl (C=O) groups is 1. The highest BCUT2D eigenvalue weighted by molar-refractivity contribution is 7.89. The van der Waals surface area contributed by atoms with Gasteiger partial charge in [-0.25, -0.2) is 8.42 Å². The normalized spacial score (nSPS) is 12.8. The van der Waals surface area contributed by atoms with E-state index >= 15 is 0 Å². The zero-order chi connectivity index (χ0) is 19.5. The van der Waals surface area contributed by atoms with Crippen molar-refractivity contribution in [1.29, 1.82) is 0 Å². The summed E-state index contributed by atoms with van der Waals surface area (Å²) in [5, 5.41) is 3.27. The number of hydrogen-bond donors (Lipinski definition) is 2. The summed E-state index contributed by atoms with van der Waals surface area (Å²) < 4.78 is 27.7. The van der Waals surface area contributed by atoms with E-state index in [1.807, 2.05) is 32.0 Å². The van der Waals surface area contributed by atoms with Gasteiger partial charge in [0, 0.05) is 10.7 Å². The minimum Gasteiger partial charge on any atom is -0.324 e.